The van der Waals surface area contributed by atoms with Crippen LogP contribution in [0, 0.1) is 0 Å². The van der Waals surface area contributed by atoms with Gasteiger partial charge in [-0.25, -0.2) is 8.42 Å². The summed E-state index contributed by atoms with van der Waals surface area (Å²) in [5.41, 5.74) is 3.43. The zero-order chi connectivity index (χ0) is 21.1. The van der Waals surface area contributed by atoms with E-state index in [9.17, 15) is 13.2 Å². The first-order valence-corrected chi connectivity index (χ1v) is 12.3. The highest BCUT2D eigenvalue weighted by Gasteiger charge is 2.28. The second-order valence-corrected chi connectivity index (χ2v) is 10.6. The normalized spacial score (nSPS) is 14.7. The number of hydrogen-bond acceptors (Lipinski definition) is 4. The Labute approximate surface area is 181 Å². The van der Waals surface area contributed by atoms with E-state index in [4.69, 9.17) is 0 Å². The summed E-state index contributed by atoms with van der Waals surface area (Å²) in [5, 5.41) is 2.90. The van der Waals surface area contributed by atoms with Crippen LogP contribution >= 0.6 is 11.3 Å². The predicted octanol–water partition coefficient (Wildman–Crippen LogP) is 5.01. The molecule has 1 aromatic heterocycles. The lowest BCUT2D eigenvalue weighted by Crippen LogP contribution is -2.27. The zero-order valence-electron chi connectivity index (χ0n) is 16.8. The van der Waals surface area contributed by atoms with Gasteiger partial charge < -0.3 is 5.32 Å². The molecule has 1 aliphatic heterocycles. The fourth-order valence-corrected chi connectivity index (χ4v) is 6.47. The third-order valence-electron chi connectivity index (χ3n) is 5.29. The number of aryl methyl sites for hydroxylation is 1. The number of thiophene rings is 1. The summed E-state index contributed by atoms with van der Waals surface area (Å²) in [6.45, 7) is 3.29. The van der Waals surface area contributed by atoms with Gasteiger partial charge in [-0.1, -0.05) is 31.2 Å². The topological polar surface area (TPSA) is 66.5 Å². The second-order valence-electron chi connectivity index (χ2n) is 7.31. The van der Waals surface area contributed by atoms with Crippen molar-refractivity contribution in [1.82, 2.24) is 4.31 Å². The van der Waals surface area contributed by atoms with Crippen LogP contribution in [-0.2, 0) is 16.4 Å². The van der Waals surface area contributed by atoms with Crippen molar-refractivity contribution in [3.8, 4) is 10.4 Å². The van der Waals surface area contributed by atoms with Crippen molar-refractivity contribution < 1.29 is 13.2 Å². The van der Waals surface area contributed by atoms with E-state index in [1.165, 1.54) is 16.9 Å². The molecule has 1 N–H and O–H groups in total. The van der Waals surface area contributed by atoms with Gasteiger partial charge in [-0.15, -0.1) is 11.3 Å². The predicted molar refractivity (Wildman–Crippen MR) is 122 cm³/mol. The Bertz CT molecular complexity index is 1130. The Kier molecular flexibility index (Phi) is 6.04. The molecule has 30 heavy (non-hydrogen) atoms. The molecule has 1 amide bonds. The largest absolute Gasteiger partial charge is 0.322 e. The Morgan fingerprint density at radius 2 is 1.63 bits per heavy atom. The Morgan fingerprint density at radius 3 is 2.27 bits per heavy atom. The average Bonchev–Trinajstić information content (AvgIpc) is 3.47. The summed E-state index contributed by atoms with van der Waals surface area (Å²) in [4.78, 5) is 13.4. The number of benzene rings is 2. The molecule has 0 aliphatic carbocycles. The zero-order valence-corrected chi connectivity index (χ0v) is 18.4. The molecule has 3 aromatic rings. The number of rotatable bonds is 6. The van der Waals surface area contributed by atoms with E-state index in [1.807, 2.05) is 42.5 Å². The van der Waals surface area contributed by atoms with Gasteiger partial charge in [0, 0.05) is 29.2 Å². The van der Waals surface area contributed by atoms with Crippen LogP contribution in [0.1, 0.15) is 35.7 Å². The van der Waals surface area contributed by atoms with Gasteiger partial charge >= 0.3 is 0 Å². The molecule has 0 saturated carbocycles. The highest BCUT2D eigenvalue weighted by molar-refractivity contribution is 7.91. The summed E-state index contributed by atoms with van der Waals surface area (Å²) in [7, 11) is -3.40. The van der Waals surface area contributed by atoms with E-state index >= 15 is 0 Å². The van der Waals surface area contributed by atoms with Crippen LogP contribution in [0.4, 0.5) is 5.69 Å². The van der Waals surface area contributed by atoms with Gasteiger partial charge in [0.15, 0.2) is 0 Å². The molecule has 7 heteroatoms. The van der Waals surface area contributed by atoms with Crippen molar-refractivity contribution in [2.45, 2.75) is 30.4 Å². The van der Waals surface area contributed by atoms with Crippen LogP contribution in [0.15, 0.2) is 64.9 Å². The highest BCUT2D eigenvalue weighted by atomic mass is 32.2. The third kappa shape index (κ3) is 4.33. The molecule has 5 nitrogen and oxygen atoms in total. The molecule has 0 atom stereocenters. The maximum Gasteiger partial charge on any atom is 0.255 e. The minimum Gasteiger partial charge on any atom is -0.322 e. The molecule has 2 aromatic carbocycles. The minimum atomic E-state index is -3.40. The maximum atomic E-state index is 12.7. The van der Waals surface area contributed by atoms with Gasteiger partial charge in [0.25, 0.3) is 15.9 Å². The van der Waals surface area contributed by atoms with Crippen molar-refractivity contribution >= 4 is 33.0 Å². The number of nitrogens with one attached hydrogen (secondary N) is 1. The Morgan fingerprint density at radius 1 is 0.967 bits per heavy atom. The number of sulfonamides is 1. The van der Waals surface area contributed by atoms with Crippen LogP contribution in [0.3, 0.4) is 0 Å². The van der Waals surface area contributed by atoms with Gasteiger partial charge in [-0.05, 0) is 66.8 Å². The van der Waals surface area contributed by atoms with Crippen molar-refractivity contribution in [3.05, 3.63) is 71.8 Å². The number of nitrogens with zero attached hydrogens (tertiary/aromatic N) is 1. The first-order valence-electron chi connectivity index (χ1n) is 10.1. The lowest BCUT2D eigenvalue weighted by Gasteiger charge is -2.13. The minimum absolute atomic E-state index is 0.172. The molecule has 156 valence electrons. The molecule has 1 aliphatic rings. The molecule has 4 rings (SSSR count). The van der Waals surface area contributed by atoms with Crippen LogP contribution in [-0.4, -0.2) is 31.7 Å². The smallest absolute Gasteiger partial charge is 0.255 e. The van der Waals surface area contributed by atoms with Crippen LogP contribution in [0.25, 0.3) is 10.4 Å². The number of anilines is 1. The van der Waals surface area contributed by atoms with Gasteiger partial charge in [0.05, 0.1) is 0 Å². The molecule has 0 bridgehead atoms. The maximum absolute atomic E-state index is 12.7. The quantitative estimate of drug-likeness (QED) is 0.586. The summed E-state index contributed by atoms with van der Waals surface area (Å²) in [6.07, 6.45) is 2.80. The van der Waals surface area contributed by atoms with Gasteiger partial charge in [-0.3, -0.25) is 4.79 Å². The number of carbonyl (C=O) groups is 1. The van der Waals surface area contributed by atoms with Gasteiger partial charge in [0.2, 0.25) is 0 Å². The summed E-state index contributed by atoms with van der Waals surface area (Å²) >= 11 is 1.27. The van der Waals surface area contributed by atoms with Crippen molar-refractivity contribution in [3.63, 3.8) is 0 Å². The molecule has 0 unspecified atom stereocenters. The van der Waals surface area contributed by atoms with E-state index in [1.54, 1.807) is 22.5 Å². The van der Waals surface area contributed by atoms with E-state index in [2.05, 4.69) is 12.2 Å². The molecule has 0 spiro atoms. The number of amides is 1. The van der Waals surface area contributed by atoms with E-state index in [0.29, 0.717) is 22.9 Å². The first kappa shape index (κ1) is 20.8. The third-order valence-corrected chi connectivity index (χ3v) is 8.79. The lowest BCUT2D eigenvalue weighted by molar-refractivity contribution is 0.102. The van der Waals surface area contributed by atoms with E-state index in [-0.39, 0.29) is 5.91 Å². The lowest BCUT2D eigenvalue weighted by atomic mass is 10.1. The molecule has 1 saturated heterocycles. The Hall–Kier alpha value is -2.48. The fourth-order valence-electron chi connectivity index (χ4n) is 3.48. The van der Waals surface area contributed by atoms with Crippen molar-refractivity contribution in [2.24, 2.45) is 0 Å². The van der Waals surface area contributed by atoms with Crippen LogP contribution in [0.5, 0.6) is 0 Å². The van der Waals surface area contributed by atoms with Gasteiger partial charge in [0.1, 0.15) is 4.21 Å². The number of carbonyl (C=O) groups excluding carboxylic acids is 1. The SMILES string of the molecule is CCc1ccc(NC(=O)c2ccc(-c3ccc(S(=O)(=O)N4CCCC4)s3)cc2)cc1. The fraction of sp³-hybridized carbons (Fsp3) is 0.261. The Balaban J connectivity index is 1.47. The summed E-state index contributed by atoms with van der Waals surface area (Å²) in [5.74, 6) is -0.172. The molecular weight excluding hydrogens is 416 g/mol. The van der Waals surface area contributed by atoms with Crippen LogP contribution < -0.4 is 5.32 Å². The molecule has 0 radical (unpaired) electrons. The average molecular weight is 441 g/mol. The van der Waals surface area contributed by atoms with E-state index in [0.717, 1.165) is 35.4 Å². The molecule has 2 heterocycles. The van der Waals surface area contributed by atoms with E-state index < -0.39 is 10.0 Å². The molecular formula is C23H24N2O3S2. The van der Waals surface area contributed by atoms with Crippen molar-refractivity contribution in [2.75, 3.05) is 18.4 Å². The number of hydrogen-bond donors (Lipinski definition) is 1. The highest BCUT2D eigenvalue weighted by Crippen LogP contribution is 2.33. The summed E-state index contributed by atoms with van der Waals surface area (Å²) in [6, 6.07) is 18.6. The first-order chi connectivity index (χ1) is 14.5. The van der Waals surface area contributed by atoms with Gasteiger partial charge in [-0.2, -0.15) is 4.31 Å². The van der Waals surface area contributed by atoms with Crippen LogP contribution in [0.2, 0.25) is 0 Å². The standard InChI is InChI=1S/C23H24N2O3S2/c1-2-17-5-11-20(12-6-17)24-23(26)19-9-7-18(8-10-19)21-13-14-22(29-21)30(27,28)25-15-3-4-16-25/h5-14H,2-4,15-16H2,1H3,(H,24,26). The monoisotopic (exact) mass is 440 g/mol. The molecule has 1 fully saturated rings. The van der Waals surface area contributed by atoms with Crippen molar-refractivity contribution in [1.29, 1.82) is 0 Å². The summed E-state index contributed by atoms with van der Waals surface area (Å²) < 4.78 is 27.4. The second kappa shape index (κ2) is 8.71.